The van der Waals surface area contributed by atoms with Crippen LogP contribution in [-0.4, -0.2) is 40.4 Å². The molecule has 1 saturated heterocycles. The van der Waals surface area contributed by atoms with Crippen LogP contribution in [0.1, 0.15) is 54.2 Å². The van der Waals surface area contributed by atoms with Gasteiger partial charge in [0.2, 0.25) is 5.91 Å². The number of aromatic amines is 1. The van der Waals surface area contributed by atoms with Crippen molar-refractivity contribution in [3.05, 3.63) is 63.3 Å². The molecule has 154 valence electrons. The Hall–Kier alpha value is -2.47. The highest BCUT2D eigenvalue weighted by molar-refractivity contribution is 5.77. The van der Waals surface area contributed by atoms with Gasteiger partial charge in [-0.25, -0.2) is 4.98 Å². The number of nitrogens with one attached hydrogen (secondary N) is 2. The van der Waals surface area contributed by atoms with Crippen molar-refractivity contribution in [3.8, 4) is 0 Å². The van der Waals surface area contributed by atoms with Gasteiger partial charge < -0.3 is 10.3 Å². The number of hydrogen-bond acceptors (Lipinski definition) is 4. The van der Waals surface area contributed by atoms with E-state index in [9.17, 15) is 9.59 Å². The highest BCUT2D eigenvalue weighted by Gasteiger charge is 2.25. The van der Waals surface area contributed by atoms with E-state index in [-0.39, 0.29) is 11.5 Å². The molecule has 2 aromatic rings. The maximum atomic E-state index is 12.5. The Morgan fingerprint density at radius 2 is 2.03 bits per heavy atom. The van der Waals surface area contributed by atoms with Gasteiger partial charge >= 0.3 is 0 Å². The van der Waals surface area contributed by atoms with E-state index < -0.39 is 0 Å². The molecule has 6 heteroatoms. The smallest absolute Gasteiger partial charge is 0.251 e. The van der Waals surface area contributed by atoms with Crippen molar-refractivity contribution in [2.24, 2.45) is 5.92 Å². The summed E-state index contributed by atoms with van der Waals surface area (Å²) in [5, 5.41) is 3.17. The zero-order chi connectivity index (χ0) is 20.2. The Kier molecular flexibility index (Phi) is 6.09. The Bertz CT molecular complexity index is 915. The number of H-pyrrole nitrogens is 1. The van der Waals surface area contributed by atoms with Crippen molar-refractivity contribution in [1.82, 2.24) is 20.2 Å². The summed E-state index contributed by atoms with van der Waals surface area (Å²) in [6.07, 6.45) is 4.90. The quantitative estimate of drug-likeness (QED) is 0.789. The number of hydrogen-bond donors (Lipinski definition) is 2. The lowest BCUT2D eigenvalue weighted by atomic mass is 9.95. The summed E-state index contributed by atoms with van der Waals surface area (Å²) >= 11 is 0. The van der Waals surface area contributed by atoms with Crippen LogP contribution in [0.25, 0.3) is 0 Å². The highest BCUT2D eigenvalue weighted by atomic mass is 16.1. The minimum absolute atomic E-state index is 0.0880. The molecular formula is C23H30N4O2. The minimum Gasteiger partial charge on any atom is -0.356 e. The molecule has 0 bridgehead atoms. The molecule has 2 aliphatic rings. The molecular weight excluding hydrogens is 364 g/mol. The van der Waals surface area contributed by atoms with Gasteiger partial charge in [-0.2, -0.15) is 0 Å². The summed E-state index contributed by atoms with van der Waals surface area (Å²) < 4.78 is 0. The summed E-state index contributed by atoms with van der Waals surface area (Å²) in [5.74, 6) is 1.74. The number of aryl methyl sites for hydroxylation is 2. The zero-order valence-corrected chi connectivity index (χ0v) is 17.1. The maximum absolute atomic E-state index is 12.5. The third-order valence-electron chi connectivity index (χ3n) is 6.28. The van der Waals surface area contributed by atoms with Crippen LogP contribution in [0.5, 0.6) is 0 Å². The Balaban J connectivity index is 1.19. The van der Waals surface area contributed by atoms with Crippen LogP contribution in [0.3, 0.4) is 0 Å². The molecule has 1 fully saturated rings. The number of nitrogens with zero attached hydrogens (tertiary/aromatic N) is 2. The summed E-state index contributed by atoms with van der Waals surface area (Å²) in [6, 6.07) is 10.1. The molecule has 0 saturated carbocycles. The van der Waals surface area contributed by atoms with Crippen LogP contribution in [-0.2, 0) is 17.8 Å². The average molecular weight is 395 g/mol. The lowest BCUT2D eigenvalue weighted by Gasteiger charge is -2.31. The van der Waals surface area contributed by atoms with E-state index in [1.807, 2.05) is 6.92 Å². The first kappa shape index (κ1) is 19.8. The van der Waals surface area contributed by atoms with Gasteiger partial charge in [-0.05, 0) is 68.7 Å². The van der Waals surface area contributed by atoms with E-state index in [0.29, 0.717) is 30.6 Å². The van der Waals surface area contributed by atoms with Gasteiger partial charge in [0.25, 0.3) is 5.56 Å². The summed E-state index contributed by atoms with van der Waals surface area (Å²) in [6.45, 7) is 5.24. The van der Waals surface area contributed by atoms with Crippen molar-refractivity contribution in [2.45, 2.75) is 51.5 Å². The van der Waals surface area contributed by atoms with Crippen LogP contribution in [0.15, 0.2) is 35.1 Å². The first-order chi connectivity index (χ1) is 14.1. The maximum Gasteiger partial charge on any atom is 0.251 e. The van der Waals surface area contributed by atoms with E-state index >= 15 is 0 Å². The minimum atomic E-state index is -0.0880. The number of rotatable bonds is 6. The number of amides is 1. The molecule has 0 spiro atoms. The lowest BCUT2D eigenvalue weighted by Crippen LogP contribution is -2.38. The highest BCUT2D eigenvalue weighted by Crippen LogP contribution is 2.35. The average Bonchev–Trinajstić information content (AvgIpc) is 3.10. The summed E-state index contributed by atoms with van der Waals surface area (Å²) in [4.78, 5) is 33.5. The molecule has 29 heavy (non-hydrogen) atoms. The molecule has 1 aromatic heterocycles. The predicted molar refractivity (Wildman–Crippen MR) is 113 cm³/mol. The van der Waals surface area contributed by atoms with Gasteiger partial charge in [-0.3, -0.25) is 14.5 Å². The largest absolute Gasteiger partial charge is 0.356 e. The van der Waals surface area contributed by atoms with Crippen LogP contribution in [0.4, 0.5) is 0 Å². The lowest BCUT2D eigenvalue weighted by molar-refractivity contribution is -0.121. The van der Waals surface area contributed by atoms with Crippen LogP contribution < -0.4 is 10.9 Å². The fourth-order valence-corrected chi connectivity index (χ4v) is 4.71. The van der Waals surface area contributed by atoms with Gasteiger partial charge in [0.05, 0.1) is 5.69 Å². The molecule has 4 rings (SSSR count). The molecule has 1 atom stereocenters. The van der Waals surface area contributed by atoms with E-state index in [1.54, 1.807) is 6.07 Å². The van der Waals surface area contributed by atoms with Crippen molar-refractivity contribution in [2.75, 3.05) is 19.6 Å². The van der Waals surface area contributed by atoms with Gasteiger partial charge in [-0.15, -0.1) is 0 Å². The third-order valence-corrected chi connectivity index (χ3v) is 6.28. The number of fused-ring (bicyclic) bond motifs is 1. The predicted octanol–water partition coefficient (Wildman–Crippen LogP) is 2.53. The van der Waals surface area contributed by atoms with Gasteiger partial charge in [-0.1, -0.05) is 24.3 Å². The van der Waals surface area contributed by atoms with Crippen molar-refractivity contribution >= 4 is 5.91 Å². The zero-order valence-electron chi connectivity index (χ0n) is 17.1. The molecule has 2 heterocycles. The second-order valence-electron chi connectivity index (χ2n) is 8.48. The molecule has 6 nitrogen and oxygen atoms in total. The number of benzene rings is 1. The van der Waals surface area contributed by atoms with E-state index in [4.69, 9.17) is 0 Å². The van der Waals surface area contributed by atoms with E-state index in [0.717, 1.165) is 51.0 Å². The fraction of sp³-hybridized carbons (Fsp3) is 0.522. The third kappa shape index (κ3) is 5.12. The second kappa shape index (κ2) is 8.91. The fourth-order valence-electron chi connectivity index (χ4n) is 4.71. The Labute approximate surface area is 171 Å². The second-order valence-corrected chi connectivity index (χ2v) is 8.48. The van der Waals surface area contributed by atoms with E-state index in [2.05, 4.69) is 44.5 Å². The molecule has 1 aliphatic heterocycles. The number of aromatic nitrogens is 2. The van der Waals surface area contributed by atoms with Gasteiger partial charge in [0.1, 0.15) is 5.82 Å². The number of piperidine rings is 1. The summed E-state index contributed by atoms with van der Waals surface area (Å²) in [5.41, 5.74) is 3.51. The summed E-state index contributed by atoms with van der Waals surface area (Å²) in [7, 11) is 0. The Morgan fingerprint density at radius 1 is 1.24 bits per heavy atom. The number of carbonyl (C=O) groups is 1. The van der Waals surface area contributed by atoms with Crippen LogP contribution in [0, 0.1) is 12.8 Å². The number of likely N-dealkylation sites (tertiary alicyclic amines) is 1. The first-order valence-electron chi connectivity index (χ1n) is 10.7. The van der Waals surface area contributed by atoms with Crippen LogP contribution >= 0.6 is 0 Å². The topological polar surface area (TPSA) is 78.1 Å². The van der Waals surface area contributed by atoms with E-state index in [1.165, 1.54) is 11.1 Å². The Morgan fingerprint density at radius 3 is 2.83 bits per heavy atom. The van der Waals surface area contributed by atoms with Crippen LogP contribution in [0.2, 0.25) is 0 Å². The number of carbonyl (C=O) groups excluding carboxylic acids is 1. The molecule has 1 amide bonds. The van der Waals surface area contributed by atoms with Gasteiger partial charge in [0, 0.05) is 25.6 Å². The molecule has 1 aliphatic carbocycles. The normalized spacial score (nSPS) is 19.8. The monoisotopic (exact) mass is 394 g/mol. The molecule has 1 aromatic carbocycles. The standard InChI is InChI=1S/C23H30N4O2/c1-16-25-20(13-23(29)26-16)15-27-10-8-17(9-11-27)14-24-22(28)12-19-7-6-18-4-2-3-5-21(18)19/h2-5,13,17,19H,6-12,14-15H2,1H3,(H,24,28)(H,25,26,29). The first-order valence-corrected chi connectivity index (χ1v) is 10.7. The molecule has 1 unspecified atom stereocenters. The molecule has 0 radical (unpaired) electrons. The molecule has 2 N–H and O–H groups in total. The van der Waals surface area contributed by atoms with Crippen molar-refractivity contribution < 1.29 is 4.79 Å². The van der Waals surface area contributed by atoms with Crippen molar-refractivity contribution in [1.29, 1.82) is 0 Å². The van der Waals surface area contributed by atoms with Crippen molar-refractivity contribution in [3.63, 3.8) is 0 Å². The van der Waals surface area contributed by atoms with Gasteiger partial charge in [0.15, 0.2) is 0 Å². The SMILES string of the molecule is Cc1nc(CN2CCC(CNC(=O)CC3CCc4ccccc43)CC2)cc(=O)[nH]1.